The minimum absolute atomic E-state index is 0.247. The van der Waals surface area contributed by atoms with Crippen molar-refractivity contribution in [1.29, 1.82) is 0 Å². The molecule has 4 heterocycles. The number of carbonyl (C=O) groups excluding carboxylic acids is 2. The van der Waals surface area contributed by atoms with Gasteiger partial charge in [-0.25, -0.2) is 14.8 Å². The number of fused-ring (bicyclic) bond motifs is 1. The van der Waals surface area contributed by atoms with E-state index in [4.69, 9.17) is 4.74 Å². The molecule has 0 spiro atoms. The highest BCUT2D eigenvalue weighted by molar-refractivity contribution is 5.93. The topological polar surface area (TPSA) is 180 Å². The zero-order valence-corrected chi connectivity index (χ0v) is 25.4. The van der Waals surface area contributed by atoms with Gasteiger partial charge in [-0.15, -0.1) is 0 Å². The number of ether oxygens (including phenoxy) is 1. The van der Waals surface area contributed by atoms with Gasteiger partial charge in [0.05, 0.1) is 23.6 Å². The second kappa shape index (κ2) is 11.4. The fourth-order valence-electron chi connectivity index (χ4n) is 4.81. The summed E-state index contributed by atoms with van der Waals surface area (Å²) in [6.07, 6.45) is 3.14. The summed E-state index contributed by atoms with van der Waals surface area (Å²) < 4.78 is 5.69. The highest BCUT2D eigenvalue weighted by atomic mass is 16.6. The average molecular weight is 588 g/mol. The Bertz CT molecular complexity index is 1630. The predicted octanol–water partition coefficient (Wildman–Crippen LogP) is 4.34. The first kappa shape index (κ1) is 29.6. The van der Waals surface area contributed by atoms with Crippen molar-refractivity contribution in [1.82, 2.24) is 50.8 Å². The molecule has 1 aliphatic heterocycles. The number of hydrogen-bond acceptors (Lipinski definition) is 10. The molecule has 1 atom stereocenters. The Hall–Kier alpha value is -4.88. The number of aromatic amines is 2. The number of hydrogen-bond donors (Lipinski definition) is 4. The molecule has 4 N–H and O–H groups in total. The van der Waals surface area contributed by atoms with Gasteiger partial charge in [-0.05, 0) is 51.3 Å². The van der Waals surface area contributed by atoms with Crippen molar-refractivity contribution < 1.29 is 14.3 Å². The van der Waals surface area contributed by atoms with Gasteiger partial charge in [-0.2, -0.15) is 25.5 Å². The molecule has 5 rings (SSSR count). The first-order chi connectivity index (χ1) is 20.3. The maximum atomic E-state index is 13.5. The molecule has 0 fully saturated rings. The molecule has 2 amide bonds. The van der Waals surface area contributed by atoms with Crippen LogP contribution in [0.2, 0.25) is 0 Å². The number of aromatic nitrogens is 8. The van der Waals surface area contributed by atoms with Crippen LogP contribution in [0.4, 0.5) is 16.4 Å². The van der Waals surface area contributed by atoms with Crippen LogP contribution in [-0.4, -0.2) is 69.6 Å². The van der Waals surface area contributed by atoms with E-state index in [-0.39, 0.29) is 23.6 Å². The molecule has 1 aromatic carbocycles. The van der Waals surface area contributed by atoms with E-state index in [2.05, 4.69) is 51.2 Å². The number of rotatable bonds is 5. The van der Waals surface area contributed by atoms with E-state index in [1.165, 1.54) is 6.33 Å². The van der Waals surface area contributed by atoms with Crippen molar-refractivity contribution in [2.45, 2.75) is 78.5 Å². The molecular weight excluding hydrogens is 550 g/mol. The summed E-state index contributed by atoms with van der Waals surface area (Å²) in [6, 6.07) is 5.39. The Kier molecular flexibility index (Phi) is 7.86. The molecule has 4 aromatic rings. The molecule has 0 saturated carbocycles. The van der Waals surface area contributed by atoms with E-state index in [1.54, 1.807) is 11.1 Å². The second-order valence-electron chi connectivity index (χ2n) is 12.6. The predicted molar refractivity (Wildman–Crippen MR) is 158 cm³/mol. The lowest BCUT2D eigenvalue weighted by atomic mass is 9.90. The quantitative estimate of drug-likeness (QED) is 0.262. The highest BCUT2D eigenvalue weighted by Crippen LogP contribution is 2.32. The van der Waals surface area contributed by atoms with E-state index in [1.807, 2.05) is 66.7 Å². The number of H-pyrrole nitrogens is 2. The van der Waals surface area contributed by atoms with Crippen molar-refractivity contribution in [3.8, 4) is 11.4 Å². The van der Waals surface area contributed by atoms with Gasteiger partial charge < -0.3 is 20.3 Å². The van der Waals surface area contributed by atoms with Gasteiger partial charge >= 0.3 is 6.09 Å². The number of benzene rings is 1. The fourth-order valence-corrected chi connectivity index (χ4v) is 4.81. The van der Waals surface area contributed by atoms with E-state index in [0.717, 1.165) is 28.1 Å². The van der Waals surface area contributed by atoms with Crippen molar-refractivity contribution >= 4 is 23.6 Å². The van der Waals surface area contributed by atoms with E-state index < -0.39 is 17.7 Å². The van der Waals surface area contributed by atoms with Crippen LogP contribution in [0.25, 0.3) is 11.4 Å². The third-order valence-electron chi connectivity index (χ3n) is 6.90. The largest absolute Gasteiger partial charge is 0.444 e. The molecule has 0 bridgehead atoms. The minimum Gasteiger partial charge on any atom is -0.444 e. The molecule has 226 valence electrons. The molecule has 0 aliphatic carbocycles. The molecule has 14 nitrogen and oxygen atoms in total. The summed E-state index contributed by atoms with van der Waals surface area (Å²) in [4.78, 5) is 41.5. The molecule has 1 aliphatic rings. The molecule has 3 aromatic heterocycles. The van der Waals surface area contributed by atoms with E-state index >= 15 is 0 Å². The van der Waals surface area contributed by atoms with Crippen molar-refractivity contribution in [3.63, 3.8) is 0 Å². The monoisotopic (exact) mass is 587 g/mol. The third-order valence-corrected chi connectivity index (χ3v) is 6.90. The van der Waals surface area contributed by atoms with Crippen LogP contribution in [0, 0.1) is 6.92 Å². The summed E-state index contributed by atoms with van der Waals surface area (Å²) in [5.41, 5.74) is 3.85. The van der Waals surface area contributed by atoms with Crippen molar-refractivity contribution in [2.75, 3.05) is 11.9 Å². The molecule has 0 saturated heterocycles. The third kappa shape index (κ3) is 6.79. The number of nitrogens with one attached hydrogen (secondary N) is 4. The van der Waals surface area contributed by atoms with Crippen LogP contribution < -0.4 is 10.6 Å². The Balaban J connectivity index is 1.47. The van der Waals surface area contributed by atoms with Gasteiger partial charge in [0.2, 0.25) is 5.95 Å². The van der Waals surface area contributed by atoms with Gasteiger partial charge in [0, 0.05) is 24.1 Å². The second-order valence-corrected chi connectivity index (χ2v) is 12.6. The summed E-state index contributed by atoms with van der Waals surface area (Å²) >= 11 is 0. The number of nitrogens with zero attached hydrogens (tertiary/aromatic N) is 7. The first-order valence-electron chi connectivity index (χ1n) is 14.1. The SMILES string of the molecule is Cc1[nH]ncc1Nc1ncnc(-c2ccc3c(c2)CN(C(=O)OC(C)(C)C)CC[C@H]3NC(=O)c2n[nH]nc2C(C)(C)C)n1. The Morgan fingerprint density at radius 3 is 2.58 bits per heavy atom. The zero-order valence-electron chi connectivity index (χ0n) is 25.4. The lowest BCUT2D eigenvalue weighted by molar-refractivity contribution is 0.0234. The summed E-state index contributed by atoms with van der Waals surface area (Å²) in [5.74, 6) is 0.479. The molecule has 0 unspecified atom stereocenters. The molecule has 14 heteroatoms. The molecular formula is C29H37N11O3. The summed E-state index contributed by atoms with van der Waals surface area (Å²) in [7, 11) is 0. The van der Waals surface area contributed by atoms with Crippen LogP contribution in [0.1, 0.15) is 87.0 Å². The lowest BCUT2D eigenvalue weighted by Crippen LogP contribution is -2.37. The summed E-state index contributed by atoms with van der Waals surface area (Å²) in [6.45, 7) is 14.0. The smallest absolute Gasteiger partial charge is 0.410 e. The van der Waals surface area contributed by atoms with Gasteiger partial charge in [-0.1, -0.05) is 32.9 Å². The van der Waals surface area contributed by atoms with Crippen molar-refractivity contribution in [2.24, 2.45) is 0 Å². The maximum Gasteiger partial charge on any atom is 0.410 e. The Morgan fingerprint density at radius 2 is 1.88 bits per heavy atom. The number of aryl methyl sites for hydroxylation is 1. The van der Waals surface area contributed by atoms with E-state index in [0.29, 0.717) is 30.4 Å². The van der Waals surface area contributed by atoms with Gasteiger partial charge in [0.1, 0.15) is 17.6 Å². The minimum atomic E-state index is -0.653. The lowest BCUT2D eigenvalue weighted by Gasteiger charge is -2.26. The Morgan fingerprint density at radius 1 is 1.09 bits per heavy atom. The normalized spacial score (nSPS) is 15.4. The standard InChI is InChI=1S/C29H37N11O3/c1-16-21(13-32-36-16)34-26-31-15-30-24(35-26)17-8-9-19-18(12-17)14-40(27(42)43-29(5,6)7)11-10-20(19)33-25(41)22-23(28(2,3)4)38-39-37-22/h8-9,12-13,15,20H,10-11,14H2,1-7H3,(H,32,36)(H,33,41)(H,37,38,39)(H,30,31,34,35)/t20-/m1/s1. The zero-order chi connectivity index (χ0) is 30.9. The Labute approximate surface area is 249 Å². The summed E-state index contributed by atoms with van der Waals surface area (Å²) in [5, 5.41) is 24.1. The fraction of sp³-hybridized carbons (Fsp3) is 0.448. The highest BCUT2D eigenvalue weighted by Gasteiger charge is 2.32. The van der Waals surface area contributed by atoms with Crippen LogP contribution in [0.15, 0.2) is 30.7 Å². The average Bonchev–Trinajstić information content (AvgIpc) is 3.55. The molecule has 43 heavy (non-hydrogen) atoms. The number of amides is 2. The molecule has 0 radical (unpaired) electrons. The van der Waals surface area contributed by atoms with Crippen LogP contribution >= 0.6 is 0 Å². The van der Waals surface area contributed by atoms with Gasteiger partial charge in [-0.3, -0.25) is 9.89 Å². The number of anilines is 2. The van der Waals surface area contributed by atoms with Crippen LogP contribution in [-0.2, 0) is 16.7 Å². The van der Waals surface area contributed by atoms with Gasteiger partial charge in [0.15, 0.2) is 11.5 Å². The van der Waals surface area contributed by atoms with Crippen LogP contribution in [0.5, 0.6) is 0 Å². The van der Waals surface area contributed by atoms with Gasteiger partial charge in [0.25, 0.3) is 5.91 Å². The van der Waals surface area contributed by atoms with Crippen molar-refractivity contribution in [3.05, 3.63) is 58.9 Å². The first-order valence-corrected chi connectivity index (χ1v) is 14.1. The number of carbonyl (C=O) groups is 2. The maximum absolute atomic E-state index is 13.5. The van der Waals surface area contributed by atoms with E-state index in [9.17, 15) is 9.59 Å². The van der Waals surface area contributed by atoms with Crippen LogP contribution in [0.3, 0.4) is 0 Å².